The molecule has 13 heteroatoms. The maximum absolute atomic E-state index is 15.9. The van der Waals surface area contributed by atoms with Gasteiger partial charge in [-0.3, -0.25) is 29.0 Å². The van der Waals surface area contributed by atoms with Gasteiger partial charge in [0, 0.05) is 100 Å². The molecule has 2 aliphatic heterocycles. The summed E-state index contributed by atoms with van der Waals surface area (Å²) < 4.78 is 14.9. The first kappa shape index (κ1) is 77.0. The maximum Gasteiger partial charge on any atom is 0.261 e. The van der Waals surface area contributed by atoms with E-state index in [1.165, 1.54) is 110 Å². The summed E-state index contributed by atoms with van der Waals surface area (Å²) in [6.45, 7) is 35.9. The number of unbranched alkanes of at least 4 members (excludes halogenated alkanes) is 7. The van der Waals surface area contributed by atoms with Crippen molar-refractivity contribution in [2.24, 2.45) is 5.92 Å². The third-order valence-corrected chi connectivity index (χ3v) is 28.6. The minimum Gasteiger partial charge on any atom is -0.457 e. The average Bonchev–Trinajstić information content (AvgIpc) is 0.792. The van der Waals surface area contributed by atoms with Gasteiger partial charge in [-0.2, -0.15) is 0 Å². The van der Waals surface area contributed by atoms with Crippen LogP contribution in [0.2, 0.25) is 0 Å². The van der Waals surface area contributed by atoms with E-state index in [4.69, 9.17) is 9.47 Å². The lowest BCUT2D eigenvalue weighted by Crippen LogP contribution is -2.43. The number of imide groups is 2. The number of amides is 4. The Morgan fingerprint density at radius 2 is 0.833 bits per heavy atom. The van der Waals surface area contributed by atoms with Crippen LogP contribution in [0.5, 0.6) is 23.0 Å². The molecule has 7 heterocycles. The van der Waals surface area contributed by atoms with Crippen molar-refractivity contribution in [1.82, 2.24) is 9.80 Å². The Morgan fingerprint density at radius 3 is 1.29 bits per heavy atom. The van der Waals surface area contributed by atoms with Crippen LogP contribution < -0.4 is 9.47 Å². The number of benzene rings is 7. The number of rotatable bonds is 28. The lowest BCUT2D eigenvalue weighted by molar-refractivity contribution is 0.0573. The van der Waals surface area contributed by atoms with Crippen LogP contribution in [0.4, 0.5) is 0 Å². The van der Waals surface area contributed by atoms with Gasteiger partial charge in [-0.15, -0.1) is 56.7 Å². The van der Waals surface area contributed by atoms with E-state index >= 15 is 19.2 Å². The Morgan fingerprint density at radius 1 is 0.380 bits per heavy atom. The van der Waals surface area contributed by atoms with E-state index in [0.29, 0.717) is 108 Å². The normalized spacial score (nSPS) is 14.0. The highest BCUT2D eigenvalue weighted by Crippen LogP contribution is 2.55. The quantitative estimate of drug-likeness (QED) is 0.0210. The molecule has 0 bridgehead atoms. The van der Waals surface area contributed by atoms with Crippen molar-refractivity contribution in [3.05, 3.63) is 187 Å². The molecular formula is C95H106N2O6S5. The second-order valence-corrected chi connectivity index (χ2v) is 39.9. The van der Waals surface area contributed by atoms with Gasteiger partial charge in [0.15, 0.2) is 0 Å². The molecule has 562 valence electrons. The van der Waals surface area contributed by atoms with Gasteiger partial charge in [0.1, 0.15) is 23.0 Å². The zero-order valence-electron chi connectivity index (χ0n) is 66.3. The molecule has 108 heavy (non-hydrogen) atoms. The van der Waals surface area contributed by atoms with Crippen LogP contribution >= 0.6 is 56.7 Å². The van der Waals surface area contributed by atoms with Crippen molar-refractivity contribution in [1.29, 1.82) is 0 Å². The lowest BCUT2D eigenvalue weighted by Gasteiger charge is -2.32. The minimum absolute atomic E-state index is 0.134. The predicted molar refractivity (Wildman–Crippen MR) is 461 cm³/mol. The van der Waals surface area contributed by atoms with E-state index in [0.717, 1.165) is 67.2 Å². The van der Waals surface area contributed by atoms with Gasteiger partial charge in [0.05, 0.1) is 11.1 Å². The fraction of sp³-hybridized carbons (Fsp3) is 0.411. The lowest BCUT2D eigenvalue weighted by atomic mass is 9.80. The number of hydrogen-bond donors (Lipinski definition) is 0. The third kappa shape index (κ3) is 15.2. The molecule has 7 aromatic carbocycles. The van der Waals surface area contributed by atoms with Gasteiger partial charge in [-0.25, -0.2) is 0 Å². The summed E-state index contributed by atoms with van der Waals surface area (Å²) in [5.74, 6) is 0.836. The van der Waals surface area contributed by atoms with E-state index in [1.807, 2.05) is 93.1 Å². The zero-order chi connectivity index (χ0) is 76.5. The van der Waals surface area contributed by atoms with Gasteiger partial charge in [0.2, 0.25) is 0 Å². The SMILES string of the molecule is CCCCCCc1cc(-c2cccs2)sc1-c1ccc(-c2sc(-c3ccc(CCCN4C(=O)c5ccc6c7c(Oc8cc(C(C)(C)C)cc(C(C)(C)C)c8)cc8c9c(ccc(c%10c(Oc%11cc(C(C)(C)C)cc(C(C)(C)C)c%11)cc(c5c6%10)C4=O)c97)C(=O)N(CC(CC)CCCC)C8=O)s3)cc2CCCCCC)s1. The molecule has 0 fully saturated rings. The van der Waals surface area contributed by atoms with E-state index < -0.39 is 0 Å². The molecule has 0 saturated heterocycles. The van der Waals surface area contributed by atoms with Crippen LogP contribution in [-0.4, -0.2) is 46.5 Å². The van der Waals surface area contributed by atoms with Crippen molar-refractivity contribution in [2.75, 3.05) is 13.1 Å². The second-order valence-electron chi connectivity index (χ2n) is 34.6. The molecule has 0 radical (unpaired) electrons. The van der Waals surface area contributed by atoms with Crippen molar-refractivity contribution < 1.29 is 28.7 Å². The summed E-state index contributed by atoms with van der Waals surface area (Å²) in [6.07, 6.45) is 17.0. The number of hydrogen-bond acceptors (Lipinski definition) is 11. The Labute approximate surface area is 660 Å². The molecule has 0 saturated carbocycles. The topological polar surface area (TPSA) is 93.2 Å². The van der Waals surface area contributed by atoms with E-state index in [1.54, 1.807) is 0 Å². The second kappa shape index (κ2) is 30.8. The number of carbonyl (C=O) groups excluding carboxylic acids is 4. The summed E-state index contributed by atoms with van der Waals surface area (Å²) in [5.41, 5.74) is 7.98. The van der Waals surface area contributed by atoms with Gasteiger partial charge in [-0.05, 0) is 213 Å². The van der Waals surface area contributed by atoms with Crippen LogP contribution in [-0.2, 0) is 40.9 Å². The van der Waals surface area contributed by atoms with Gasteiger partial charge < -0.3 is 9.47 Å². The third-order valence-electron chi connectivity index (χ3n) is 22.4. The Balaban J connectivity index is 0.855. The molecule has 1 unspecified atom stereocenters. The predicted octanol–water partition coefficient (Wildman–Crippen LogP) is 28.8. The number of ether oxygens (including phenoxy) is 2. The molecule has 0 spiro atoms. The smallest absolute Gasteiger partial charge is 0.261 e. The van der Waals surface area contributed by atoms with Gasteiger partial charge in [0.25, 0.3) is 23.6 Å². The largest absolute Gasteiger partial charge is 0.457 e. The fourth-order valence-electron chi connectivity index (χ4n) is 15.9. The standard InChI is InChI=1S/C95H106N2O6S5/c1-17-21-24-26-31-57-45-78(74-34-29-44-104-74)107-86(57)76-41-42-77(106-76)87-58(32-27-25-22-18-2)46-79(108-87)75-40-35-65(105-75)33-28-43-96-88(98)68-38-36-66-83-73(103-64-51-61(94(11,12)13)48-62(52-64)95(14,15)16)54-71-81-69(89(99)97(91(71)101)55-56(20-4)30-23-19-3)39-37-67(85(81)83)82-72(53-70(90(96)100)80(68)84(66)82)102-63-49-59(92(5,6)7)47-60(50-63)93(8,9)10/h29,34-42,44-54,56H,17-28,30-33,43,55H2,1-16H3. The van der Waals surface area contributed by atoms with Gasteiger partial charge >= 0.3 is 0 Å². The number of fused-ring (bicyclic) bond motifs is 2. The number of thiophene rings is 5. The summed E-state index contributed by atoms with van der Waals surface area (Å²) in [4.78, 5) is 77.3. The Kier molecular flexibility index (Phi) is 22.0. The molecule has 1 atom stereocenters. The molecule has 4 amide bonds. The van der Waals surface area contributed by atoms with Crippen LogP contribution in [0, 0.1) is 5.92 Å². The molecule has 0 N–H and O–H groups in total. The van der Waals surface area contributed by atoms with Crippen LogP contribution in [0.15, 0.2) is 127 Å². The molecule has 14 rings (SSSR count). The van der Waals surface area contributed by atoms with Crippen molar-refractivity contribution >= 4 is 123 Å². The molecule has 8 nitrogen and oxygen atoms in total. The van der Waals surface area contributed by atoms with E-state index in [9.17, 15) is 0 Å². The first-order chi connectivity index (χ1) is 51.5. The first-order valence-corrected chi connectivity index (χ1v) is 43.9. The zero-order valence-corrected chi connectivity index (χ0v) is 70.4. The van der Waals surface area contributed by atoms with E-state index in [2.05, 4.69) is 201 Å². The monoisotopic (exact) mass is 1530 g/mol. The molecule has 0 aliphatic carbocycles. The number of aryl methyl sites for hydroxylation is 3. The van der Waals surface area contributed by atoms with Crippen molar-refractivity contribution in [3.8, 4) is 62.0 Å². The Bertz CT molecular complexity index is 5330. The van der Waals surface area contributed by atoms with Crippen LogP contribution in [0.3, 0.4) is 0 Å². The maximum atomic E-state index is 15.9. The summed E-state index contributed by atoms with van der Waals surface area (Å²) >= 11 is 9.46. The van der Waals surface area contributed by atoms with Crippen molar-refractivity contribution in [3.63, 3.8) is 0 Å². The van der Waals surface area contributed by atoms with Crippen LogP contribution in [0.1, 0.15) is 274 Å². The molecular weight excluding hydrogens is 1430 g/mol. The molecule has 12 aromatic rings. The van der Waals surface area contributed by atoms with E-state index in [-0.39, 0.29) is 57.8 Å². The number of carbonyl (C=O) groups is 4. The van der Waals surface area contributed by atoms with Crippen molar-refractivity contribution in [2.45, 2.75) is 235 Å². The number of nitrogens with zero attached hydrogens (tertiary/aromatic N) is 2. The molecule has 5 aromatic heterocycles. The Hall–Kier alpha value is -7.78. The highest BCUT2D eigenvalue weighted by molar-refractivity contribution is 7.29. The average molecular weight is 1530 g/mol. The summed E-state index contributed by atoms with van der Waals surface area (Å²) in [6, 6.07) is 43.0. The van der Waals surface area contributed by atoms with Gasteiger partial charge in [-0.1, -0.05) is 199 Å². The highest BCUT2D eigenvalue weighted by atomic mass is 32.1. The molecule has 2 aliphatic rings. The summed E-state index contributed by atoms with van der Waals surface area (Å²) in [7, 11) is 0. The summed E-state index contributed by atoms with van der Waals surface area (Å²) in [5, 5.41) is 7.44. The highest BCUT2D eigenvalue weighted by Gasteiger charge is 2.40. The first-order valence-electron chi connectivity index (χ1n) is 39.7. The fourth-order valence-corrected chi connectivity index (χ4v) is 21.6. The minimum atomic E-state index is -0.381. The van der Waals surface area contributed by atoms with Crippen LogP contribution in [0.25, 0.3) is 82.1 Å².